The molecule has 0 bridgehead atoms. The summed E-state index contributed by atoms with van der Waals surface area (Å²) in [4.78, 5) is 21.4. The van der Waals surface area contributed by atoms with Gasteiger partial charge in [-0.1, -0.05) is 6.07 Å². The van der Waals surface area contributed by atoms with Crippen molar-refractivity contribution in [1.29, 1.82) is 0 Å². The standard InChI is InChI=1S/C20H18FN5O2/c1-3-28-19(27)16-12(2)23-20-24-18(13-6-8-15(21)9-7-13)25-26(20)17(16)14-5-4-10-22-11-14/h4-11,17H,3H2,1-2H3,(H,23,24,25). The molecule has 3 aromatic rings. The van der Waals surface area contributed by atoms with Crippen LogP contribution in [0.4, 0.5) is 10.3 Å². The molecule has 3 heterocycles. The molecule has 1 aromatic carbocycles. The van der Waals surface area contributed by atoms with E-state index in [2.05, 4.69) is 20.4 Å². The first kappa shape index (κ1) is 17.8. The molecule has 1 aliphatic rings. The Morgan fingerprint density at radius 1 is 1.29 bits per heavy atom. The zero-order chi connectivity index (χ0) is 19.7. The summed E-state index contributed by atoms with van der Waals surface area (Å²) in [5.74, 6) is 0.153. The van der Waals surface area contributed by atoms with Gasteiger partial charge in [0.15, 0.2) is 5.82 Å². The minimum atomic E-state index is -0.536. The van der Waals surface area contributed by atoms with E-state index in [1.54, 1.807) is 49.1 Å². The van der Waals surface area contributed by atoms with Crippen LogP contribution < -0.4 is 5.32 Å². The fraction of sp³-hybridized carbons (Fsp3) is 0.200. The number of carbonyl (C=O) groups is 1. The lowest BCUT2D eigenvalue weighted by atomic mass is 9.97. The van der Waals surface area contributed by atoms with E-state index in [1.807, 2.05) is 6.07 Å². The third kappa shape index (κ3) is 3.13. The number of aromatic nitrogens is 4. The van der Waals surface area contributed by atoms with Crippen LogP contribution >= 0.6 is 0 Å². The van der Waals surface area contributed by atoms with E-state index < -0.39 is 12.0 Å². The Morgan fingerprint density at radius 3 is 2.75 bits per heavy atom. The van der Waals surface area contributed by atoms with Gasteiger partial charge in [-0.05, 0) is 49.7 Å². The second-order valence-electron chi connectivity index (χ2n) is 6.28. The molecule has 4 rings (SSSR count). The fourth-order valence-corrected chi connectivity index (χ4v) is 3.19. The molecule has 0 amide bonds. The number of pyridine rings is 1. The van der Waals surface area contributed by atoms with Crippen molar-refractivity contribution >= 4 is 11.9 Å². The fourth-order valence-electron chi connectivity index (χ4n) is 3.19. The number of halogens is 1. The van der Waals surface area contributed by atoms with E-state index in [0.29, 0.717) is 28.6 Å². The van der Waals surface area contributed by atoms with Gasteiger partial charge in [-0.3, -0.25) is 4.98 Å². The smallest absolute Gasteiger partial charge is 0.338 e. The van der Waals surface area contributed by atoms with Crippen molar-refractivity contribution in [3.05, 3.63) is 71.4 Å². The number of carbonyl (C=O) groups excluding carboxylic acids is 1. The van der Waals surface area contributed by atoms with E-state index in [-0.39, 0.29) is 12.4 Å². The molecule has 1 aliphatic heterocycles. The van der Waals surface area contributed by atoms with E-state index in [1.165, 1.54) is 12.1 Å². The second kappa shape index (κ2) is 7.22. The largest absolute Gasteiger partial charge is 0.463 e. The van der Waals surface area contributed by atoms with Gasteiger partial charge in [-0.2, -0.15) is 4.98 Å². The number of hydrogen-bond acceptors (Lipinski definition) is 6. The van der Waals surface area contributed by atoms with Crippen LogP contribution in [0.3, 0.4) is 0 Å². The third-order valence-corrected chi connectivity index (χ3v) is 4.45. The molecular weight excluding hydrogens is 361 g/mol. The first-order valence-electron chi connectivity index (χ1n) is 8.85. The van der Waals surface area contributed by atoms with Crippen LogP contribution in [-0.2, 0) is 9.53 Å². The predicted octanol–water partition coefficient (Wildman–Crippen LogP) is 3.33. The number of rotatable bonds is 4. The Bertz CT molecular complexity index is 1040. The normalized spacial score (nSPS) is 15.8. The maximum atomic E-state index is 13.3. The van der Waals surface area contributed by atoms with Crippen molar-refractivity contribution in [2.24, 2.45) is 0 Å². The summed E-state index contributed by atoms with van der Waals surface area (Å²) >= 11 is 0. The second-order valence-corrected chi connectivity index (χ2v) is 6.28. The highest BCUT2D eigenvalue weighted by atomic mass is 19.1. The number of fused-ring (bicyclic) bond motifs is 1. The molecule has 1 N–H and O–H groups in total. The lowest BCUT2D eigenvalue weighted by Crippen LogP contribution is -2.29. The van der Waals surface area contributed by atoms with Crippen molar-refractivity contribution in [1.82, 2.24) is 19.7 Å². The predicted molar refractivity (Wildman–Crippen MR) is 101 cm³/mol. The Labute approximate surface area is 160 Å². The van der Waals surface area contributed by atoms with Crippen LogP contribution in [0.2, 0.25) is 0 Å². The quantitative estimate of drug-likeness (QED) is 0.700. The number of esters is 1. The number of nitrogens with one attached hydrogen (secondary N) is 1. The number of benzene rings is 1. The lowest BCUT2D eigenvalue weighted by molar-refractivity contribution is -0.139. The summed E-state index contributed by atoms with van der Waals surface area (Å²) < 4.78 is 20.1. The number of anilines is 1. The lowest BCUT2D eigenvalue weighted by Gasteiger charge is -2.27. The molecule has 7 nitrogen and oxygen atoms in total. The third-order valence-electron chi connectivity index (χ3n) is 4.45. The molecule has 0 spiro atoms. The number of ether oxygens (including phenoxy) is 1. The highest BCUT2D eigenvalue weighted by molar-refractivity contribution is 5.92. The first-order chi connectivity index (χ1) is 13.6. The average Bonchev–Trinajstić information content (AvgIpc) is 3.11. The first-order valence-corrected chi connectivity index (χ1v) is 8.85. The van der Waals surface area contributed by atoms with E-state index in [0.717, 1.165) is 5.56 Å². The van der Waals surface area contributed by atoms with E-state index in [4.69, 9.17) is 4.74 Å². The summed E-state index contributed by atoms with van der Waals surface area (Å²) in [7, 11) is 0. The molecule has 8 heteroatoms. The minimum absolute atomic E-state index is 0.264. The molecule has 2 aromatic heterocycles. The number of nitrogens with zero attached hydrogens (tertiary/aromatic N) is 4. The summed E-state index contributed by atoms with van der Waals surface area (Å²) in [6.45, 7) is 3.82. The topological polar surface area (TPSA) is 81.9 Å². The zero-order valence-electron chi connectivity index (χ0n) is 15.4. The van der Waals surface area contributed by atoms with Gasteiger partial charge in [0.05, 0.1) is 12.2 Å². The van der Waals surface area contributed by atoms with Crippen LogP contribution in [0.15, 0.2) is 60.1 Å². The minimum Gasteiger partial charge on any atom is -0.463 e. The van der Waals surface area contributed by atoms with Crippen LogP contribution in [0.5, 0.6) is 0 Å². The summed E-state index contributed by atoms with van der Waals surface area (Å²) in [5.41, 5.74) is 2.53. The maximum absolute atomic E-state index is 13.3. The van der Waals surface area contributed by atoms with Gasteiger partial charge >= 0.3 is 5.97 Å². The van der Waals surface area contributed by atoms with Crippen molar-refractivity contribution in [2.75, 3.05) is 11.9 Å². The highest BCUT2D eigenvalue weighted by Crippen LogP contribution is 2.36. The molecule has 142 valence electrons. The number of allylic oxidation sites excluding steroid dienone is 1. The molecule has 1 unspecified atom stereocenters. The van der Waals surface area contributed by atoms with Crippen molar-refractivity contribution < 1.29 is 13.9 Å². The molecular formula is C20H18FN5O2. The van der Waals surface area contributed by atoms with Gasteiger partial charge < -0.3 is 10.1 Å². The molecule has 0 radical (unpaired) electrons. The Balaban J connectivity index is 1.84. The Kier molecular flexibility index (Phi) is 4.60. The van der Waals surface area contributed by atoms with Crippen molar-refractivity contribution in [3.63, 3.8) is 0 Å². The average molecular weight is 379 g/mol. The van der Waals surface area contributed by atoms with Gasteiger partial charge in [0, 0.05) is 23.7 Å². The molecule has 0 aliphatic carbocycles. The van der Waals surface area contributed by atoms with Gasteiger partial charge in [0.25, 0.3) is 0 Å². The summed E-state index contributed by atoms with van der Waals surface area (Å²) in [5, 5.41) is 7.71. The van der Waals surface area contributed by atoms with Crippen LogP contribution in [0.1, 0.15) is 25.5 Å². The van der Waals surface area contributed by atoms with Gasteiger partial charge in [0.2, 0.25) is 5.95 Å². The molecule has 0 fully saturated rings. The van der Waals surface area contributed by atoms with E-state index in [9.17, 15) is 9.18 Å². The maximum Gasteiger partial charge on any atom is 0.338 e. The van der Waals surface area contributed by atoms with Crippen molar-refractivity contribution in [2.45, 2.75) is 19.9 Å². The summed E-state index contributed by atoms with van der Waals surface area (Å²) in [6, 6.07) is 9.07. The van der Waals surface area contributed by atoms with Crippen LogP contribution in [0.25, 0.3) is 11.4 Å². The molecule has 28 heavy (non-hydrogen) atoms. The molecule has 1 atom stereocenters. The molecule has 0 saturated carbocycles. The zero-order valence-corrected chi connectivity index (χ0v) is 15.4. The van der Waals surface area contributed by atoms with E-state index >= 15 is 0 Å². The summed E-state index contributed by atoms with van der Waals surface area (Å²) in [6.07, 6.45) is 3.35. The Morgan fingerprint density at radius 2 is 2.07 bits per heavy atom. The monoisotopic (exact) mass is 379 g/mol. The molecule has 0 saturated heterocycles. The number of hydrogen-bond donors (Lipinski definition) is 1. The van der Waals surface area contributed by atoms with Gasteiger partial charge in [-0.15, -0.1) is 5.10 Å². The Hall–Kier alpha value is -3.55. The van der Waals surface area contributed by atoms with Gasteiger partial charge in [0.1, 0.15) is 11.9 Å². The van der Waals surface area contributed by atoms with Crippen LogP contribution in [0, 0.1) is 5.82 Å². The SMILES string of the molecule is CCOC(=O)C1=C(C)Nc2nc(-c3ccc(F)cc3)nn2C1c1cccnc1. The van der Waals surface area contributed by atoms with Gasteiger partial charge in [-0.25, -0.2) is 13.9 Å². The van der Waals surface area contributed by atoms with Crippen molar-refractivity contribution in [3.8, 4) is 11.4 Å². The highest BCUT2D eigenvalue weighted by Gasteiger charge is 2.35. The van der Waals surface area contributed by atoms with Crippen LogP contribution in [-0.4, -0.2) is 32.3 Å².